The van der Waals surface area contributed by atoms with Crippen molar-refractivity contribution in [3.05, 3.63) is 547 Å². The molecule has 18 aromatic carbocycles. The Labute approximate surface area is 781 Å². The minimum absolute atomic E-state index is 0.0563. The van der Waals surface area contributed by atoms with Crippen molar-refractivity contribution in [2.75, 3.05) is 0 Å². The van der Waals surface area contributed by atoms with Crippen LogP contribution in [0.4, 0.5) is 0 Å². The minimum atomic E-state index is -0.263. The standard InChI is InChI=1S/C26H20.C21H18.C20H18.C19H20.C16H16.C15H16.C14H14/c1-19-16-17-23-22-14-8-9-15-24(22)26(25(23)18-19,20-10-4-2-5-11-20)21-12-6-3-7-13-21;1-15-12-13-18-17-10-6-7-11-19(17)21(2,20(18)14-15)16-8-4-3-5-9-16;1-15-13-19(17-9-5-3-6-10-17)14-20(16(15)2)18-11-7-4-8-12-18;1-14-9-10-16-15-7-3-4-8-17(15)19(18(16)13-14)11-5-2-6-12-19;1-11-8-9-13-12-6-4-5-7-14(12)16(2,3)15(13)10-11;1-11-9-15(10-12(2)13(11)3)14-7-5-4-6-8-14;1-11-8-9-14(10-12(11)2)13-6-4-3-5-7-13/h2-18H,1H3;3-14H,1-2H3;3-14H,1-2H3;3-4,7-10,13H,2,5-6,11-12H2,1H3;4-10H,1-3H3;4-10H,1-3H3;3-10H,1-2H3. The van der Waals surface area contributed by atoms with Crippen molar-refractivity contribution in [1.82, 2.24) is 0 Å². The summed E-state index contributed by atoms with van der Waals surface area (Å²) in [6.07, 6.45) is 6.83. The van der Waals surface area contributed by atoms with Gasteiger partial charge < -0.3 is 0 Å². The maximum absolute atomic E-state index is 2.45. The lowest BCUT2D eigenvalue weighted by molar-refractivity contribution is 0.352. The molecule has 0 aromatic heterocycles. The van der Waals surface area contributed by atoms with Gasteiger partial charge in [0.25, 0.3) is 0 Å². The highest BCUT2D eigenvalue weighted by atomic mass is 14.5. The summed E-state index contributed by atoms with van der Waals surface area (Å²) in [5.74, 6) is 0. The summed E-state index contributed by atoms with van der Waals surface area (Å²) in [7, 11) is 0. The maximum atomic E-state index is 2.45. The summed E-state index contributed by atoms with van der Waals surface area (Å²) in [6, 6.07) is 154. The average molecular weight is 1700 g/mol. The van der Waals surface area contributed by atoms with E-state index in [9.17, 15) is 0 Å². The average Bonchev–Trinajstić information content (AvgIpc) is 1.54. The zero-order chi connectivity index (χ0) is 91.0. The van der Waals surface area contributed by atoms with Crippen LogP contribution in [0.5, 0.6) is 0 Å². The Balaban J connectivity index is 0.000000108. The maximum Gasteiger partial charge on any atom is 0.0713 e. The number of rotatable bonds is 7. The molecule has 0 N–H and O–H groups in total. The van der Waals surface area contributed by atoms with Crippen LogP contribution in [-0.2, 0) is 21.7 Å². The van der Waals surface area contributed by atoms with E-state index in [0.717, 1.165) is 0 Å². The van der Waals surface area contributed by atoms with Gasteiger partial charge in [-0.3, -0.25) is 0 Å². The van der Waals surface area contributed by atoms with Crippen molar-refractivity contribution in [2.45, 2.75) is 151 Å². The number of fused-ring (bicyclic) bond motifs is 14. The first-order valence-electron chi connectivity index (χ1n) is 47.1. The lowest BCUT2D eigenvalue weighted by Crippen LogP contribution is -2.28. The van der Waals surface area contributed by atoms with Crippen molar-refractivity contribution >= 4 is 0 Å². The van der Waals surface area contributed by atoms with Crippen LogP contribution in [0.25, 0.3) is 89.0 Å². The van der Waals surface area contributed by atoms with E-state index in [1.165, 1.54) is 232 Å². The largest absolute Gasteiger partial charge is 0.0713 e. The molecule has 1 fully saturated rings. The zero-order valence-electron chi connectivity index (χ0n) is 79.0. The van der Waals surface area contributed by atoms with Gasteiger partial charge in [0, 0.05) is 16.2 Å². The van der Waals surface area contributed by atoms with Gasteiger partial charge in [-0.15, -0.1) is 0 Å². The van der Waals surface area contributed by atoms with Crippen LogP contribution in [0.15, 0.2) is 425 Å². The van der Waals surface area contributed by atoms with Crippen LogP contribution in [0, 0.1) is 76.2 Å². The van der Waals surface area contributed by atoms with Crippen molar-refractivity contribution in [1.29, 1.82) is 0 Å². The first kappa shape index (κ1) is 89.0. The van der Waals surface area contributed by atoms with E-state index in [0.29, 0.717) is 5.41 Å². The molecule has 0 nitrogen and oxygen atoms in total. The molecule has 0 bridgehead atoms. The van der Waals surface area contributed by atoms with Gasteiger partial charge in [0.05, 0.1) is 5.41 Å². The molecule has 0 heteroatoms. The fourth-order valence-corrected chi connectivity index (χ4v) is 21.3. The molecule has 0 aliphatic heterocycles. The van der Waals surface area contributed by atoms with E-state index >= 15 is 0 Å². The normalized spacial score (nSPS) is 14.4. The number of benzene rings is 18. The lowest BCUT2D eigenvalue weighted by atomic mass is 9.67. The quantitative estimate of drug-likeness (QED) is 0.149. The van der Waals surface area contributed by atoms with Crippen molar-refractivity contribution < 1.29 is 0 Å². The molecule has 18 aromatic rings. The summed E-state index contributed by atoms with van der Waals surface area (Å²) in [5, 5.41) is 0. The molecule has 646 valence electrons. The predicted octanol–water partition coefficient (Wildman–Crippen LogP) is 35.1. The third-order valence-electron chi connectivity index (χ3n) is 28.8. The second kappa shape index (κ2) is 38.7. The topological polar surface area (TPSA) is 0 Å². The van der Waals surface area contributed by atoms with E-state index in [1.807, 2.05) is 6.07 Å². The highest BCUT2D eigenvalue weighted by Gasteiger charge is 2.47. The molecule has 131 heavy (non-hydrogen) atoms. The summed E-state index contributed by atoms with van der Waals surface area (Å²) in [6.45, 7) is 31.0. The fraction of sp³-hybridized carbons (Fsp3) is 0.176. The zero-order valence-corrected chi connectivity index (χ0v) is 79.0. The molecular formula is C131H122. The first-order chi connectivity index (χ1) is 63.6. The third-order valence-corrected chi connectivity index (χ3v) is 28.8. The molecule has 0 radical (unpaired) electrons. The molecule has 1 unspecified atom stereocenters. The van der Waals surface area contributed by atoms with Gasteiger partial charge in [0.1, 0.15) is 0 Å². The van der Waals surface area contributed by atoms with Gasteiger partial charge >= 0.3 is 0 Å². The second-order valence-electron chi connectivity index (χ2n) is 37.6. The van der Waals surface area contributed by atoms with Gasteiger partial charge in [0.2, 0.25) is 0 Å². The Morgan fingerprint density at radius 3 is 0.977 bits per heavy atom. The van der Waals surface area contributed by atoms with Crippen LogP contribution in [0.2, 0.25) is 0 Å². The van der Waals surface area contributed by atoms with E-state index in [1.54, 1.807) is 11.1 Å². The number of hydrogen-bond acceptors (Lipinski definition) is 0. The molecule has 5 aliphatic carbocycles. The molecule has 1 saturated carbocycles. The molecule has 0 saturated heterocycles. The number of hydrogen-bond donors (Lipinski definition) is 0. The van der Waals surface area contributed by atoms with Crippen LogP contribution in [-0.4, -0.2) is 0 Å². The molecule has 5 aliphatic rings. The third kappa shape index (κ3) is 17.8. The molecule has 1 spiro atoms. The van der Waals surface area contributed by atoms with Gasteiger partial charge in [-0.1, -0.05) is 474 Å². The van der Waals surface area contributed by atoms with Gasteiger partial charge in [-0.25, -0.2) is 0 Å². The van der Waals surface area contributed by atoms with Crippen LogP contribution in [0.3, 0.4) is 0 Å². The first-order valence-corrected chi connectivity index (χ1v) is 47.1. The monoisotopic (exact) mass is 1690 g/mol. The van der Waals surface area contributed by atoms with E-state index < -0.39 is 0 Å². The Morgan fingerprint density at radius 2 is 0.496 bits per heavy atom. The fourth-order valence-electron chi connectivity index (χ4n) is 21.3. The van der Waals surface area contributed by atoms with E-state index in [4.69, 9.17) is 0 Å². The minimum Gasteiger partial charge on any atom is -0.0622 e. The lowest BCUT2D eigenvalue weighted by Gasteiger charge is -2.36. The highest BCUT2D eigenvalue weighted by molar-refractivity contribution is 5.88. The summed E-state index contributed by atoms with van der Waals surface area (Å²) >= 11 is 0. The van der Waals surface area contributed by atoms with Crippen molar-refractivity contribution in [2.24, 2.45) is 0 Å². The Morgan fingerprint density at radius 1 is 0.176 bits per heavy atom. The van der Waals surface area contributed by atoms with Crippen LogP contribution >= 0.6 is 0 Å². The van der Waals surface area contributed by atoms with E-state index in [-0.39, 0.29) is 16.2 Å². The summed E-state index contributed by atoms with van der Waals surface area (Å²) in [4.78, 5) is 0. The van der Waals surface area contributed by atoms with Crippen LogP contribution < -0.4 is 0 Å². The van der Waals surface area contributed by atoms with Crippen LogP contribution in [0.1, 0.15) is 175 Å². The highest BCUT2D eigenvalue weighted by Crippen LogP contribution is 2.59. The van der Waals surface area contributed by atoms with Gasteiger partial charge in [0.15, 0.2) is 0 Å². The second-order valence-corrected chi connectivity index (χ2v) is 37.6. The van der Waals surface area contributed by atoms with Crippen molar-refractivity contribution in [3.8, 4) is 89.0 Å². The summed E-state index contributed by atoms with van der Waals surface area (Å²) in [5.41, 5.74) is 52.4. The Bertz CT molecular complexity index is 6980. The molecule has 0 amide bonds. The van der Waals surface area contributed by atoms with E-state index in [2.05, 4.69) is 516 Å². The Kier molecular flexibility index (Phi) is 26.3. The molecule has 23 rings (SSSR count). The molecule has 1 atom stereocenters. The predicted molar refractivity (Wildman–Crippen MR) is 561 cm³/mol. The smallest absolute Gasteiger partial charge is 0.0622 e. The molecule has 0 heterocycles. The number of aryl methyl sites for hydroxylation is 9. The summed E-state index contributed by atoms with van der Waals surface area (Å²) < 4.78 is 0. The van der Waals surface area contributed by atoms with Gasteiger partial charge in [-0.2, -0.15) is 0 Å². The van der Waals surface area contributed by atoms with Gasteiger partial charge in [-0.05, 0) is 291 Å². The molecular weight excluding hydrogens is 1570 g/mol. The SMILES string of the molecule is Cc1cc(-c2ccccc2)cc(-c2ccccc2)c1C.Cc1cc(-c2ccccc2)cc(C)c1C.Cc1ccc(-c2ccccc2)cc1C.Cc1ccc2c(c1)C(C)(C)c1ccccc1-2.Cc1ccc2c(c1)C(C)(c1ccccc1)c1ccccc1-2.Cc1ccc2c(c1)C(c1ccccc1)(c1ccccc1)c1ccccc1-2.Cc1ccc2c(c1)C1(CCCCC1)c1ccccc1-2. The Hall–Kier alpha value is -14.0. The van der Waals surface area contributed by atoms with Crippen molar-refractivity contribution in [3.63, 3.8) is 0 Å².